The zero-order valence-electron chi connectivity index (χ0n) is 21.2. The van der Waals surface area contributed by atoms with Gasteiger partial charge in [-0.05, 0) is 43.9 Å². The smallest absolute Gasteiger partial charge is 0.323 e. The average Bonchev–Trinajstić information content (AvgIpc) is 3.36. The number of hydrogen-bond donors (Lipinski definition) is 3. The minimum Gasteiger partial charge on any atom is -0.337 e. The molecule has 11 heteroatoms. The van der Waals surface area contributed by atoms with Gasteiger partial charge in [0, 0.05) is 41.0 Å². The molecule has 1 aromatic heterocycles. The van der Waals surface area contributed by atoms with E-state index in [2.05, 4.69) is 27.2 Å². The Morgan fingerprint density at radius 2 is 2.17 bits per heavy atom. The number of carbonyl (C=O) groups is 3. The number of ketones is 1. The van der Waals surface area contributed by atoms with Crippen molar-refractivity contribution in [2.24, 2.45) is 10.4 Å². The maximum atomic E-state index is 13.0. The lowest BCUT2D eigenvalue weighted by atomic mass is 9.82. The molecule has 2 fully saturated rings. The number of Topliss-reactive ketones (excluding diaryl/α,β-unsaturated/α-hetero) is 1. The van der Waals surface area contributed by atoms with Crippen LogP contribution in [0.1, 0.15) is 50.5 Å². The second-order valence-corrected chi connectivity index (χ2v) is 11.6. The van der Waals surface area contributed by atoms with Crippen LogP contribution < -0.4 is 15.5 Å². The fourth-order valence-corrected chi connectivity index (χ4v) is 5.81. The minimum atomic E-state index is -0.959. The lowest BCUT2D eigenvalue weighted by molar-refractivity contribution is -0.125. The highest BCUT2D eigenvalue weighted by atomic mass is 32.2. The Labute approximate surface area is 214 Å². The number of rotatable bonds is 10. The van der Waals surface area contributed by atoms with Gasteiger partial charge in [-0.15, -0.1) is 0 Å². The number of anilines is 1. The van der Waals surface area contributed by atoms with Gasteiger partial charge in [-0.25, -0.2) is 9.78 Å². The van der Waals surface area contributed by atoms with Crippen molar-refractivity contribution in [2.75, 3.05) is 30.0 Å². The second-order valence-electron chi connectivity index (χ2n) is 10.0. The molecule has 3 unspecified atom stereocenters. The molecule has 10 nitrogen and oxygen atoms in total. The van der Waals surface area contributed by atoms with Gasteiger partial charge >= 0.3 is 6.03 Å². The van der Waals surface area contributed by atoms with Gasteiger partial charge in [0.1, 0.15) is 23.3 Å². The Kier molecular flexibility index (Phi) is 8.22. The molecule has 0 aliphatic carbocycles. The molecule has 1 spiro atoms. The fraction of sp³-hybridized carbons (Fsp3) is 0.520. The van der Waals surface area contributed by atoms with Crippen LogP contribution in [0, 0.1) is 10.8 Å². The van der Waals surface area contributed by atoms with Crippen molar-refractivity contribution < 1.29 is 18.6 Å². The Hall–Kier alpha value is -3.21. The van der Waals surface area contributed by atoms with Crippen LogP contribution in [-0.2, 0) is 15.6 Å². The van der Waals surface area contributed by atoms with E-state index in [1.807, 2.05) is 13.8 Å². The van der Waals surface area contributed by atoms with E-state index in [9.17, 15) is 18.6 Å². The number of pyridine rings is 1. The van der Waals surface area contributed by atoms with Crippen molar-refractivity contribution in [3.8, 4) is 0 Å². The first-order valence-electron chi connectivity index (χ1n) is 11.8. The maximum Gasteiger partial charge on any atom is 0.323 e. The Bertz CT molecular complexity index is 1150. The summed E-state index contributed by atoms with van der Waals surface area (Å²) in [7, 11) is 0.588. The quantitative estimate of drug-likeness (QED) is 0.410. The molecule has 3 N–H and O–H groups in total. The number of aromatic nitrogens is 1. The summed E-state index contributed by atoms with van der Waals surface area (Å²) in [6.45, 7) is 9.56. The van der Waals surface area contributed by atoms with Crippen LogP contribution >= 0.6 is 0 Å². The van der Waals surface area contributed by atoms with Crippen LogP contribution in [0.15, 0.2) is 35.3 Å². The molecule has 0 saturated carbocycles. The van der Waals surface area contributed by atoms with Crippen molar-refractivity contribution >= 4 is 46.3 Å². The maximum absolute atomic E-state index is 13.0. The summed E-state index contributed by atoms with van der Waals surface area (Å²) in [5.74, 6) is 0.810. The number of urea groups is 1. The minimum absolute atomic E-state index is 0.0616. The summed E-state index contributed by atoms with van der Waals surface area (Å²) in [6, 6.07) is 3.65. The van der Waals surface area contributed by atoms with E-state index in [0.29, 0.717) is 48.7 Å². The third-order valence-electron chi connectivity index (χ3n) is 6.85. The molecule has 3 rings (SSSR count). The predicted octanol–water partition coefficient (Wildman–Crippen LogP) is 2.27. The molecule has 2 aliphatic heterocycles. The average molecular weight is 515 g/mol. The molecule has 0 radical (unpaired) electrons. The predicted molar refractivity (Wildman–Crippen MR) is 142 cm³/mol. The number of aliphatic imine (C=N–C) groups is 1. The molecular formula is C25H34N6O4S. The molecule has 3 heterocycles. The zero-order chi connectivity index (χ0) is 26.7. The number of amides is 3. The highest BCUT2D eigenvalue weighted by Crippen LogP contribution is 2.30. The Morgan fingerprint density at radius 3 is 2.78 bits per heavy atom. The number of nitrogens with one attached hydrogen (secondary N) is 3. The largest absolute Gasteiger partial charge is 0.337 e. The van der Waals surface area contributed by atoms with E-state index in [1.54, 1.807) is 26.1 Å². The van der Waals surface area contributed by atoms with Crippen molar-refractivity contribution in [3.05, 3.63) is 36.0 Å². The molecule has 1 aromatic rings. The van der Waals surface area contributed by atoms with Gasteiger partial charge < -0.3 is 16.0 Å². The summed E-state index contributed by atoms with van der Waals surface area (Å²) in [5.41, 5.74) is -0.374. The van der Waals surface area contributed by atoms with Gasteiger partial charge in [0.25, 0.3) is 5.91 Å². The first-order chi connectivity index (χ1) is 16.9. The molecule has 3 amide bonds. The number of nitrogens with zero attached hydrogens (tertiary/aromatic N) is 3. The topological polar surface area (TPSA) is 145 Å². The molecule has 194 valence electrons. The summed E-state index contributed by atoms with van der Waals surface area (Å²) >= 11 is 0. The number of carbonyl (C=O) groups excluding carboxylic acids is 3. The Morgan fingerprint density at radius 1 is 1.44 bits per heavy atom. The lowest BCUT2D eigenvalue weighted by Gasteiger charge is -2.23. The second kappa shape index (κ2) is 10.8. The molecule has 2 saturated heterocycles. The van der Waals surface area contributed by atoms with Crippen LogP contribution in [0.2, 0.25) is 0 Å². The molecule has 3 atom stereocenters. The third kappa shape index (κ3) is 6.13. The van der Waals surface area contributed by atoms with Gasteiger partial charge in [0.2, 0.25) is 0 Å². The van der Waals surface area contributed by atoms with E-state index in [1.165, 1.54) is 17.2 Å². The van der Waals surface area contributed by atoms with E-state index in [4.69, 9.17) is 5.41 Å². The SMILES string of the molecule is C=C(CCC(C)(C)C(C)=O)C(=N)C(C=NC)NC(=O)c1cccc(N2CC3(CCS(=O)C3)NC2=O)n1. The highest BCUT2D eigenvalue weighted by Gasteiger charge is 2.47. The molecule has 2 aliphatic rings. The van der Waals surface area contributed by atoms with Crippen molar-refractivity contribution in [3.63, 3.8) is 0 Å². The summed E-state index contributed by atoms with van der Waals surface area (Å²) in [5, 5.41) is 14.2. The molecule has 0 bridgehead atoms. The van der Waals surface area contributed by atoms with Gasteiger partial charge in [0.05, 0.1) is 17.8 Å². The van der Waals surface area contributed by atoms with Crippen LogP contribution in [0.5, 0.6) is 0 Å². The molecule has 0 aromatic carbocycles. The van der Waals surface area contributed by atoms with Gasteiger partial charge in [-0.2, -0.15) is 0 Å². The van der Waals surface area contributed by atoms with E-state index in [-0.39, 0.29) is 23.2 Å². The molecule has 36 heavy (non-hydrogen) atoms. The first kappa shape index (κ1) is 27.4. The molecular weight excluding hydrogens is 480 g/mol. The number of hydrogen-bond acceptors (Lipinski definition) is 7. The van der Waals surface area contributed by atoms with Crippen molar-refractivity contribution in [2.45, 2.75) is 51.6 Å². The Balaban J connectivity index is 1.70. The van der Waals surface area contributed by atoms with Crippen LogP contribution in [0.3, 0.4) is 0 Å². The van der Waals surface area contributed by atoms with Crippen LogP contribution in [0.4, 0.5) is 10.6 Å². The summed E-state index contributed by atoms with van der Waals surface area (Å²) in [4.78, 5) is 47.3. The van der Waals surface area contributed by atoms with Crippen molar-refractivity contribution in [1.82, 2.24) is 15.6 Å². The van der Waals surface area contributed by atoms with Crippen LogP contribution in [0.25, 0.3) is 0 Å². The lowest BCUT2D eigenvalue weighted by Crippen LogP contribution is -2.44. The van der Waals surface area contributed by atoms with Crippen LogP contribution in [-0.4, -0.2) is 75.5 Å². The highest BCUT2D eigenvalue weighted by molar-refractivity contribution is 7.85. The van der Waals surface area contributed by atoms with Gasteiger partial charge in [-0.1, -0.05) is 26.5 Å². The van der Waals surface area contributed by atoms with Gasteiger partial charge in [-0.3, -0.25) is 23.7 Å². The van der Waals surface area contributed by atoms with E-state index in [0.717, 1.165) is 0 Å². The third-order valence-corrected chi connectivity index (χ3v) is 8.38. The van der Waals surface area contributed by atoms with Gasteiger partial charge in [0.15, 0.2) is 0 Å². The van der Waals surface area contributed by atoms with E-state index < -0.39 is 33.7 Å². The monoisotopic (exact) mass is 514 g/mol. The summed E-state index contributed by atoms with van der Waals surface area (Å²) in [6.07, 6.45) is 3.04. The standard InChI is InChI=1S/C25H34N6O4S/c1-16(9-10-24(3,4)17(2)32)21(26)19(13-27-5)29-22(33)18-7-6-8-20(28-18)31-14-25(30-23(31)34)11-12-36(35)15-25/h6-8,13,19,26H,1,9-12,14-15H2,2-5H3,(H,29,33)(H,30,34). The normalized spacial score (nSPS) is 22.6. The zero-order valence-corrected chi connectivity index (χ0v) is 22.0. The van der Waals surface area contributed by atoms with E-state index >= 15 is 0 Å². The fourth-order valence-electron chi connectivity index (χ4n) is 4.12. The first-order valence-corrected chi connectivity index (χ1v) is 13.3. The van der Waals surface area contributed by atoms with Crippen molar-refractivity contribution in [1.29, 1.82) is 5.41 Å². The summed E-state index contributed by atoms with van der Waals surface area (Å²) < 4.78 is 11.9.